The molecule has 0 aliphatic carbocycles. The molecule has 0 bridgehead atoms. The number of nitrogens with zero attached hydrogens (tertiary/aromatic N) is 2. The van der Waals surface area contributed by atoms with E-state index in [4.69, 9.17) is 29.0 Å². The van der Waals surface area contributed by atoms with E-state index in [9.17, 15) is 48.6 Å². The van der Waals surface area contributed by atoms with E-state index in [-0.39, 0.29) is 18.7 Å². The summed E-state index contributed by atoms with van der Waals surface area (Å²) < 4.78 is 56.7. The summed E-state index contributed by atoms with van der Waals surface area (Å²) in [5, 5.41) is 31.0. The van der Waals surface area contributed by atoms with E-state index in [2.05, 4.69) is 42.2 Å². The normalized spacial score (nSPS) is 20.1. The van der Waals surface area contributed by atoms with Crippen LogP contribution in [-0.4, -0.2) is 96.9 Å². The predicted molar refractivity (Wildman–Crippen MR) is 281 cm³/mol. The van der Waals surface area contributed by atoms with Crippen LogP contribution in [0.4, 0.5) is 5.82 Å². The maximum Gasteiger partial charge on any atom is 0.481 e. The molecule has 0 amide bonds. The Morgan fingerprint density at radius 1 is 0.767 bits per heavy atom. The first kappa shape index (κ1) is 65.3. The first-order valence-corrected chi connectivity index (χ1v) is 28.9. The Balaban J connectivity index is 1.84. The molecule has 1 fully saturated rings. The van der Waals surface area contributed by atoms with Crippen molar-refractivity contribution in [3.8, 4) is 0 Å². The molecule has 1 aliphatic heterocycles. The molecule has 21 heteroatoms. The van der Waals surface area contributed by atoms with Crippen LogP contribution in [0, 0.1) is 5.92 Å². The number of hydrogen-bond acceptors (Lipinski definition) is 16. The highest BCUT2D eigenvalue weighted by Gasteiger charge is 2.46. The van der Waals surface area contributed by atoms with Gasteiger partial charge in [-0.25, -0.2) is 13.9 Å². The lowest BCUT2D eigenvalue weighted by atomic mass is 10.0. The molecule has 1 saturated heterocycles. The van der Waals surface area contributed by atoms with Gasteiger partial charge in [-0.1, -0.05) is 171 Å². The molecule has 1 aliphatic rings. The second kappa shape index (κ2) is 38.7. The van der Waals surface area contributed by atoms with Gasteiger partial charge in [0, 0.05) is 19.0 Å². The zero-order chi connectivity index (χ0) is 53.7. The van der Waals surface area contributed by atoms with E-state index in [1.807, 2.05) is 54.7 Å². The molecule has 73 heavy (non-hydrogen) atoms. The lowest BCUT2D eigenvalue weighted by Gasteiger charge is -2.21. The molecule has 19 nitrogen and oxygen atoms in total. The van der Waals surface area contributed by atoms with Crippen LogP contribution in [0.2, 0.25) is 0 Å². The minimum Gasteiger partial charge on any atom is -0.462 e. The minimum atomic E-state index is -5.45. The number of esters is 2. The van der Waals surface area contributed by atoms with E-state index < -0.39 is 89.8 Å². The topological polar surface area (TPSA) is 286 Å². The van der Waals surface area contributed by atoms with Crippen molar-refractivity contribution in [1.82, 2.24) is 9.55 Å². The number of rotatable bonds is 41. The van der Waals surface area contributed by atoms with Gasteiger partial charge in [-0.2, -0.15) is 9.29 Å². The van der Waals surface area contributed by atoms with E-state index in [1.165, 1.54) is 57.4 Å². The SMILES string of the molecule is CC/C=C\C/C=C\CC(O)/C=C/C=C\C/C=C\C/C=C\CCC(=O)OC[C@H](COP(=O)(O)OP(=O)(O)OC[C@H]1O[C@@H](n2ccc(N)nc2=O)[C@H](O)[C@@H]1O)OC(=O)CCCCCCCCCCCCCCC(C)C. The number of hydrogen-bond donors (Lipinski definition) is 6. The number of phosphoric ester groups is 2. The number of carbonyl (C=O) groups excluding carboxylic acids is 2. The quantitative estimate of drug-likeness (QED) is 0.0117. The zero-order valence-corrected chi connectivity index (χ0v) is 45.0. The van der Waals surface area contributed by atoms with Crippen molar-refractivity contribution in [1.29, 1.82) is 0 Å². The van der Waals surface area contributed by atoms with Crippen molar-refractivity contribution in [3.63, 3.8) is 0 Å². The molecule has 1 aromatic heterocycles. The maximum absolute atomic E-state index is 12.9. The third kappa shape index (κ3) is 32.3. The standard InChI is InChI=1S/C52H85N3O16P2/c1-4-5-6-7-23-28-33-43(56)34-29-24-19-15-12-13-16-20-25-30-35-47(57)66-39-44(69-48(58)36-31-26-21-17-11-9-8-10-14-18-22-27-32-42(2)3)40-67-72(62,63)71-73(64,65)68-41-45-49(59)50(60)51(70-45)55-38-37-46(53)54-52(55)61/h5-6,12-13,19-20,23-25,28-29,34,37-38,42-45,49-51,56,59-60H,4,7-11,14-18,21-22,26-27,30-33,35-36,39-41H2,1-3H3,(H,62,63)(H,64,65)(H2,53,54,61)/b6-5-,13-12-,24-19-,25-20-,28-23-,34-29+/t43?,44-,45-,49-,50-,51-/m1/s1. The highest BCUT2D eigenvalue weighted by atomic mass is 31.3. The molecule has 0 spiro atoms. The van der Waals surface area contributed by atoms with Gasteiger partial charge in [0.2, 0.25) is 0 Å². The Labute approximate surface area is 432 Å². The van der Waals surface area contributed by atoms with Gasteiger partial charge in [0.15, 0.2) is 12.3 Å². The lowest BCUT2D eigenvalue weighted by molar-refractivity contribution is -0.161. The fourth-order valence-electron chi connectivity index (χ4n) is 7.31. The van der Waals surface area contributed by atoms with Crippen LogP contribution in [0.25, 0.3) is 0 Å². The van der Waals surface area contributed by atoms with E-state index in [0.29, 0.717) is 32.1 Å². The fraction of sp³-hybridized carbons (Fsp3) is 0.654. The summed E-state index contributed by atoms with van der Waals surface area (Å²) in [5.74, 6) is -0.669. The van der Waals surface area contributed by atoms with Crippen molar-refractivity contribution < 1.29 is 71.4 Å². The van der Waals surface area contributed by atoms with Crippen LogP contribution in [0.3, 0.4) is 0 Å². The molecule has 7 N–H and O–H groups in total. The lowest BCUT2D eigenvalue weighted by Crippen LogP contribution is -2.36. The van der Waals surface area contributed by atoms with Crippen molar-refractivity contribution in [3.05, 3.63) is 95.7 Å². The molecule has 0 radical (unpaired) electrons. The number of nitrogen functional groups attached to an aromatic ring is 1. The number of allylic oxidation sites excluding steroid dienone is 10. The van der Waals surface area contributed by atoms with Gasteiger partial charge in [0.1, 0.15) is 30.7 Å². The summed E-state index contributed by atoms with van der Waals surface area (Å²) in [6, 6.07) is 1.24. The van der Waals surface area contributed by atoms with Gasteiger partial charge in [0.25, 0.3) is 0 Å². The average molecular weight is 1070 g/mol. The Kier molecular flexibility index (Phi) is 34.6. The molecular weight excluding hydrogens is 985 g/mol. The third-order valence-corrected chi connectivity index (χ3v) is 13.9. The van der Waals surface area contributed by atoms with Gasteiger partial charge in [0.05, 0.1) is 19.3 Å². The maximum atomic E-state index is 12.9. The first-order valence-electron chi connectivity index (χ1n) is 25.9. The molecule has 414 valence electrons. The second-order valence-electron chi connectivity index (χ2n) is 18.3. The number of aromatic nitrogens is 2. The molecule has 3 unspecified atom stereocenters. The summed E-state index contributed by atoms with van der Waals surface area (Å²) >= 11 is 0. The Hall–Kier alpha value is -3.84. The van der Waals surface area contributed by atoms with Crippen molar-refractivity contribution >= 4 is 33.4 Å². The van der Waals surface area contributed by atoms with Crippen molar-refractivity contribution in [2.24, 2.45) is 5.92 Å². The summed E-state index contributed by atoms with van der Waals surface area (Å²) in [4.78, 5) is 61.9. The largest absolute Gasteiger partial charge is 0.481 e. The van der Waals surface area contributed by atoms with Gasteiger partial charge in [-0.3, -0.25) is 23.2 Å². The van der Waals surface area contributed by atoms with Crippen molar-refractivity contribution in [2.45, 2.75) is 192 Å². The van der Waals surface area contributed by atoms with Crippen LogP contribution in [0.5, 0.6) is 0 Å². The summed E-state index contributed by atoms with van der Waals surface area (Å²) in [6.45, 7) is 4.19. The summed E-state index contributed by atoms with van der Waals surface area (Å²) in [6.07, 6.45) is 34.6. The van der Waals surface area contributed by atoms with Gasteiger partial charge in [-0.15, -0.1) is 0 Å². The molecule has 0 aromatic carbocycles. The molecule has 8 atom stereocenters. The molecule has 2 rings (SSSR count). The Morgan fingerprint density at radius 2 is 1.36 bits per heavy atom. The van der Waals surface area contributed by atoms with Crippen LogP contribution >= 0.6 is 15.6 Å². The number of nitrogens with two attached hydrogens (primary N) is 1. The highest BCUT2D eigenvalue weighted by Crippen LogP contribution is 2.60. The summed E-state index contributed by atoms with van der Waals surface area (Å²) in [7, 11) is -10.9. The predicted octanol–water partition coefficient (Wildman–Crippen LogP) is 9.72. The number of aliphatic hydroxyl groups excluding tert-OH is 3. The molecular formula is C52H85N3O16P2. The second-order valence-corrected chi connectivity index (χ2v) is 21.4. The first-order chi connectivity index (χ1) is 34.9. The van der Waals surface area contributed by atoms with Gasteiger partial charge < -0.3 is 45.1 Å². The number of carbonyl (C=O) groups is 2. The number of phosphoric acid groups is 2. The van der Waals surface area contributed by atoms with Gasteiger partial charge in [-0.05, 0) is 56.9 Å². The minimum absolute atomic E-state index is 0.0227. The number of aliphatic hydroxyl groups is 3. The smallest absolute Gasteiger partial charge is 0.462 e. The van der Waals surface area contributed by atoms with Gasteiger partial charge >= 0.3 is 33.3 Å². The number of anilines is 1. The zero-order valence-electron chi connectivity index (χ0n) is 43.2. The van der Waals surface area contributed by atoms with Crippen LogP contribution in [-0.2, 0) is 46.3 Å². The van der Waals surface area contributed by atoms with Crippen LogP contribution in [0.15, 0.2) is 90.0 Å². The molecule has 1 aromatic rings. The average Bonchev–Trinajstić information content (AvgIpc) is 3.61. The molecule has 0 saturated carbocycles. The van der Waals surface area contributed by atoms with E-state index in [0.717, 1.165) is 55.2 Å². The van der Waals surface area contributed by atoms with Crippen LogP contribution < -0.4 is 11.4 Å². The molecule has 2 heterocycles. The van der Waals surface area contributed by atoms with E-state index in [1.54, 1.807) is 6.08 Å². The Bertz CT molecular complexity index is 2040. The number of unbranched alkanes of at least 4 members (excludes halogenated alkanes) is 11. The van der Waals surface area contributed by atoms with Crippen LogP contribution in [0.1, 0.15) is 162 Å². The monoisotopic (exact) mass is 1070 g/mol. The summed E-state index contributed by atoms with van der Waals surface area (Å²) in [5.41, 5.74) is 4.58. The van der Waals surface area contributed by atoms with Crippen molar-refractivity contribution in [2.75, 3.05) is 25.6 Å². The number of ether oxygens (including phenoxy) is 3. The highest BCUT2D eigenvalue weighted by molar-refractivity contribution is 7.61. The van der Waals surface area contributed by atoms with E-state index >= 15 is 0 Å². The Morgan fingerprint density at radius 3 is 2.00 bits per heavy atom. The third-order valence-electron chi connectivity index (χ3n) is 11.3. The fourth-order valence-corrected chi connectivity index (χ4v) is 9.42.